The smallest absolute Gasteiger partial charge is 0.119 e. The van der Waals surface area contributed by atoms with Crippen LogP contribution in [0.2, 0.25) is 0 Å². The van der Waals surface area contributed by atoms with Crippen molar-refractivity contribution in [2.75, 3.05) is 6.61 Å². The summed E-state index contributed by atoms with van der Waals surface area (Å²) in [6.45, 7) is 4.85. The number of hydrogen-bond acceptors (Lipinski definition) is 1. The fourth-order valence-corrected chi connectivity index (χ4v) is 2.31. The molecule has 1 nitrogen and oxygen atoms in total. The van der Waals surface area contributed by atoms with Crippen molar-refractivity contribution < 1.29 is 4.74 Å². The van der Waals surface area contributed by atoms with E-state index >= 15 is 0 Å². The number of benzene rings is 2. The van der Waals surface area contributed by atoms with E-state index in [1.165, 1.54) is 16.7 Å². The Morgan fingerprint density at radius 3 is 1.95 bits per heavy atom. The summed E-state index contributed by atoms with van der Waals surface area (Å²) >= 11 is 3.58. The summed E-state index contributed by atoms with van der Waals surface area (Å²) in [6, 6.07) is 17.1. The van der Waals surface area contributed by atoms with Gasteiger partial charge < -0.3 is 4.74 Å². The highest BCUT2D eigenvalue weighted by Crippen LogP contribution is 2.22. The lowest BCUT2D eigenvalue weighted by Crippen LogP contribution is -1.93. The third-order valence-corrected chi connectivity index (χ3v) is 3.61. The monoisotopic (exact) mass is 318 g/mol. The topological polar surface area (TPSA) is 9.23 Å². The lowest BCUT2D eigenvalue weighted by Gasteiger charge is -2.07. The zero-order valence-electron chi connectivity index (χ0n) is 11.4. The number of ether oxygens (including phenoxy) is 1. The van der Waals surface area contributed by atoms with Gasteiger partial charge in [-0.1, -0.05) is 52.3 Å². The van der Waals surface area contributed by atoms with Gasteiger partial charge in [0.1, 0.15) is 5.75 Å². The third-order valence-electron chi connectivity index (χ3n) is 3.08. The van der Waals surface area contributed by atoms with E-state index in [2.05, 4.69) is 59.3 Å². The van der Waals surface area contributed by atoms with Crippen molar-refractivity contribution in [2.45, 2.75) is 25.1 Å². The Morgan fingerprint density at radius 1 is 0.947 bits per heavy atom. The Morgan fingerprint density at radius 2 is 1.47 bits per heavy atom. The molecule has 0 aliphatic rings. The van der Waals surface area contributed by atoms with Crippen molar-refractivity contribution in [1.29, 1.82) is 0 Å². The molecule has 0 spiro atoms. The van der Waals surface area contributed by atoms with Gasteiger partial charge in [-0.15, -0.1) is 0 Å². The van der Waals surface area contributed by atoms with Crippen LogP contribution in [0.1, 0.15) is 35.4 Å². The maximum Gasteiger partial charge on any atom is 0.119 e. The van der Waals surface area contributed by atoms with Crippen molar-refractivity contribution in [3.63, 3.8) is 0 Å². The molecule has 0 N–H and O–H groups in total. The van der Waals surface area contributed by atoms with Crippen LogP contribution < -0.4 is 4.74 Å². The number of rotatable bonds is 5. The molecule has 0 aliphatic heterocycles. The second-order valence-corrected chi connectivity index (χ2v) is 5.98. The minimum absolute atomic E-state index is 0.409. The van der Waals surface area contributed by atoms with Gasteiger partial charge in [0.05, 0.1) is 6.61 Å². The molecule has 1 unspecified atom stereocenters. The van der Waals surface area contributed by atoms with E-state index in [-0.39, 0.29) is 0 Å². The summed E-state index contributed by atoms with van der Waals surface area (Å²) in [4.78, 5) is 0.409. The zero-order chi connectivity index (χ0) is 13.7. The average molecular weight is 319 g/mol. The average Bonchev–Trinajstić information content (AvgIpc) is 2.42. The maximum absolute atomic E-state index is 5.45. The van der Waals surface area contributed by atoms with Crippen LogP contribution in [0.3, 0.4) is 0 Å². The Balaban J connectivity index is 2.04. The highest BCUT2D eigenvalue weighted by Gasteiger charge is 2.01. The molecule has 0 heterocycles. The molecule has 2 rings (SSSR count). The van der Waals surface area contributed by atoms with Gasteiger partial charge in [-0.2, -0.15) is 0 Å². The van der Waals surface area contributed by atoms with Crippen LogP contribution in [-0.2, 0) is 6.42 Å². The van der Waals surface area contributed by atoms with Crippen LogP contribution in [0.4, 0.5) is 0 Å². The lowest BCUT2D eigenvalue weighted by atomic mass is 10.0. The standard InChI is InChI=1S/C17H19BrO/c1-3-19-17-10-6-15(7-11-17)12-14-4-8-16(9-5-14)13(2)18/h4-11,13H,3,12H2,1-2H3. The molecule has 0 radical (unpaired) electrons. The number of halogens is 1. The van der Waals surface area contributed by atoms with Gasteiger partial charge in [0.25, 0.3) is 0 Å². The minimum atomic E-state index is 0.409. The molecule has 2 aromatic rings. The molecule has 0 aromatic heterocycles. The third kappa shape index (κ3) is 4.10. The first-order valence-electron chi connectivity index (χ1n) is 6.63. The molecule has 2 aromatic carbocycles. The predicted molar refractivity (Wildman–Crippen MR) is 84.2 cm³/mol. The zero-order valence-corrected chi connectivity index (χ0v) is 13.0. The van der Waals surface area contributed by atoms with Crippen molar-refractivity contribution in [1.82, 2.24) is 0 Å². The van der Waals surface area contributed by atoms with Gasteiger partial charge in [0, 0.05) is 4.83 Å². The minimum Gasteiger partial charge on any atom is -0.494 e. The molecule has 1 atom stereocenters. The van der Waals surface area contributed by atoms with Gasteiger partial charge in [-0.3, -0.25) is 0 Å². The summed E-state index contributed by atoms with van der Waals surface area (Å²) in [5.74, 6) is 0.940. The van der Waals surface area contributed by atoms with Crippen LogP contribution in [0.5, 0.6) is 5.75 Å². The molecule has 0 amide bonds. The predicted octanol–water partition coefficient (Wildman–Crippen LogP) is 5.13. The molecule has 0 saturated carbocycles. The van der Waals surface area contributed by atoms with E-state index in [1.54, 1.807) is 0 Å². The summed E-state index contributed by atoms with van der Waals surface area (Å²) in [7, 11) is 0. The number of hydrogen-bond donors (Lipinski definition) is 0. The Labute approximate surface area is 123 Å². The first-order chi connectivity index (χ1) is 9.19. The number of alkyl halides is 1. The van der Waals surface area contributed by atoms with Gasteiger partial charge >= 0.3 is 0 Å². The summed E-state index contributed by atoms with van der Waals surface area (Å²) in [6.07, 6.45) is 0.962. The van der Waals surface area contributed by atoms with Gasteiger partial charge in [0.2, 0.25) is 0 Å². The molecule has 0 aliphatic carbocycles. The second kappa shape index (κ2) is 6.76. The molecule has 2 heteroatoms. The van der Waals surface area contributed by atoms with Crippen LogP contribution in [0.15, 0.2) is 48.5 Å². The van der Waals surface area contributed by atoms with E-state index in [0.717, 1.165) is 12.2 Å². The molecule has 19 heavy (non-hydrogen) atoms. The lowest BCUT2D eigenvalue weighted by molar-refractivity contribution is 0.340. The van der Waals surface area contributed by atoms with E-state index < -0.39 is 0 Å². The van der Waals surface area contributed by atoms with Crippen LogP contribution >= 0.6 is 15.9 Å². The molecule has 0 fully saturated rings. The Kier molecular flexibility index (Phi) is 5.03. The molecular weight excluding hydrogens is 300 g/mol. The largest absolute Gasteiger partial charge is 0.494 e. The maximum atomic E-state index is 5.45. The molecule has 100 valence electrons. The van der Waals surface area contributed by atoms with Crippen molar-refractivity contribution >= 4 is 15.9 Å². The molecular formula is C17H19BrO. The summed E-state index contributed by atoms with van der Waals surface area (Å²) in [5.41, 5.74) is 3.96. The van der Waals surface area contributed by atoms with Gasteiger partial charge in [0.15, 0.2) is 0 Å². The summed E-state index contributed by atoms with van der Waals surface area (Å²) in [5, 5.41) is 0. The van der Waals surface area contributed by atoms with Crippen molar-refractivity contribution in [3.05, 3.63) is 65.2 Å². The van der Waals surface area contributed by atoms with Gasteiger partial charge in [-0.25, -0.2) is 0 Å². The van der Waals surface area contributed by atoms with Gasteiger partial charge in [-0.05, 0) is 49.1 Å². The van der Waals surface area contributed by atoms with E-state index in [0.29, 0.717) is 11.4 Å². The van der Waals surface area contributed by atoms with Crippen LogP contribution in [0.25, 0.3) is 0 Å². The Hall–Kier alpha value is -1.28. The van der Waals surface area contributed by atoms with Crippen LogP contribution in [0, 0.1) is 0 Å². The van der Waals surface area contributed by atoms with E-state index in [9.17, 15) is 0 Å². The summed E-state index contributed by atoms with van der Waals surface area (Å²) < 4.78 is 5.45. The molecule has 0 saturated heterocycles. The quantitative estimate of drug-likeness (QED) is 0.694. The highest BCUT2D eigenvalue weighted by atomic mass is 79.9. The second-order valence-electron chi connectivity index (χ2n) is 4.61. The van der Waals surface area contributed by atoms with E-state index in [4.69, 9.17) is 4.74 Å². The normalized spacial score (nSPS) is 12.2. The molecule has 0 bridgehead atoms. The van der Waals surface area contributed by atoms with Crippen LogP contribution in [-0.4, -0.2) is 6.61 Å². The highest BCUT2D eigenvalue weighted by molar-refractivity contribution is 9.09. The fourth-order valence-electron chi connectivity index (χ4n) is 2.01. The van der Waals surface area contributed by atoms with Crippen molar-refractivity contribution in [3.8, 4) is 5.75 Å². The SMILES string of the molecule is CCOc1ccc(Cc2ccc(C(C)Br)cc2)cc1. The van der Waals surface area contributed by atoms with E-state index in [1.807, 2.05) is 19.1 Å². The van der Waals surface area contributed by atoms with Crippen molar-refractivity contribution in [2.24, 2.45) is 0 Å². The Bertz CT molecular complexity index is 500. The first-order valence-corrected chi connectivity index (χ1v) is 7.55. The fraction of sp³-hybridized carbons (Fsp3) is 0.294. The first kappa shape index (κ1) is 14.1.